The second kappa shape index (κ2) is 5.32. The van der Waals surface area contributed by atoms with E-state index in [1.807, 2.05) is 43.1 Å². The maximum atomic E-state index is 12.3. The molecule has 0 spiro atoms. The smallest absolute Gasteiger partial charge is 0.253 e. The summed E-state index contributed by atoms with van der Waals surface area (Å²) in [7, 11) is 1.91. The average molecular weight is 232 g/mol. The van der Waals surface area contributed by atoms with E-state index in [1.165, 1.54) is 0 Å². The number of likely N-dealkylation sites (N-methyl/N-ethyl adjacent to an activating group) is 1. The molecule has 3 heteroatoms. The van der Waals surface area contributed by atoms with Gasteiger partial charge in [0.05, 0.1) is 0 Å². The number of carbonyl (C=O) groups is 1. The van der Waals surface area contributed by atoms with Crippen LogP contribution in [0.4, 0.5) is 0 Å². The summed E-state index contributed by atoms with van der Waals surface area (Å²) in [6.07, 6.45) is 2.25. The largest absolute Gasteiger partial charge is 0.337 e. The van der Waals surface area contributed by atoms with Gasteiger partial charge in [-0.05, 0) is 38.4 Å². The van der Waals surface area contributed by atoms with Crippen molar-refractivity contribution in [1.82, 2.24) is 10.2 Å². The molecule has 17 heavy (non-hydrogen) atoms. The third-order valence-corrected chi connectivity index (χ3v) is 3.40. The Bertz CT molecular complexity index is 397. The Morgan fingerprint density at radius 1 is 1.47 bits per heavy atom. The van der Waals surface area contributed by atoms with E-state index in [9.17, 15) is 4.79 Å². The first-order valence-corrected chi connectivity index (χ1v) is 6.23. The summed E-state index contributed by atoms with van der Waals surface area (Å²) in [6, 6.07) is 8.13. The monoisotopic (exact) mass is 232 g/mol. The number of amides is 1. The van der Waals surface area contributed by atoms with E-state index in [2.05, 4.69) is 5.32 Å². The minimum Gasteiger partial charge on any atom is -0.337 e. The van der Waals surface area contributed by atoms with Crippen molar-refractivity contribution in [2.24, 2.45) is 0 Å². The van der Waals surface area contributed by atoms with Crippen molar-refractivity contribution in [3.63, 3.8) is 0 Å². The molecule has 0 aliphatic carbocycles. The summed E-state index contributed by atoms with van der Waals surface area (Å²) in [4.78, 5) is 14.2. The van der Waals surface area contributed by atoms with Gasteiger partial charge in [-0.15, -0.1) is 0 Å². The fourth-order valence-corrected chi connectivity index (χ4v) is 2.31. The average Bonchev–Trinajstić information content (AvgIpc) is 2.38. The van der Waals surface area contributed by atoms with Gasteiger partial charge in [-0.1, -0.05) is 17.7 Å². The zero-order chi connectivity index (χ0) is 12.3. The maximum absolute atomic E-state index is 12.3. The van der Waals surface area contributed by atoms with Gasteiger partial charge < -0.3 is 10.2 Å². The number of nitrogens with zero attached hydrogens (tertiary/aromatic N) is 1. The van der Waals surface area contributed by atoms with Gasteiger partial charge in [-0.25, -0.2) is 0 Å². The van der Waals surface area contributed by atoms with Crippen LogP contribution in [0.2, 0.25) is 0 Å². The maximum Gasteiger partial charge on any atom is 0.253 e. The van der Waals surface area contributed by atoms with Crippen molar-refractivity contribution in [3.8, 4) is 0 Å². The second-order valence-corrected chi connectivity index (χ2v) is 4.79. The van der Waals surface area contributed by atoms with Gasteiger partial charge in [0.1, 0.15) is 0 Å². The van der Waals surface area contributed by atoms with Gasteiger partial charge in [0, 0.05) is 25.2 Å². The Morgan fingerprint density at radius 2 is 2.29 bits per heavy atom. The highest BCUT2D eigenvalue weighted by Crippen LogP contribution is 2.13. The van der Waals surface area contributed by atoms with Crippen molar-refractivity contribution in [3.05, 3.63) is 35.4 Å². The number of rotatable bonds is 2. The molecule has 1 heterocycles. The van der Waals surface area contributed by atoms with Crippen molar-refractivity contribution >= 4 is 5.91 Å². The third kappa shape index (κ3) is 2.86. The summed E-state index contributed by atoms with van der Waals surface area (Å²) < 4.78 is 0. The topological polar surface area (TPSA) is 32.3 Å². The molecule has 0 bridgehead atoms. The molecular weight excluding hydrogens is 212 g/mol. The lowest BCUT2D eigenvalue weighted by molar-refractivity contribution is 0.0708. The Morgan fingerprint density at radius 3 is 2.94 bits per heavy atom. The van der Waals surface area contributed by atoms with E-state index in [-0.39, 0.29) is 5.91 Å². The molecule has 0 saturated carbocycles. The Kier molecular flexibility index (Phi) is 3.79. The van der Waals surface area contributed by atoms with Gasteiger partial charge in [-0.2, -0.15) is 0 Å². The Labute approximate surface area is 103 Å². The lowest BCUT2D eigenvalue weighted by Gasteiger charge is -2.31. The normalized spacial score (nSPS) is 20.0. The summed E-state index contributed by atoms with van der Waals surface area (Å²) in [5.41, 5.74) is 1.92. The number of hydrogen-bond acceptors (Lipinski definition) is 2. The SMILES string of the molecule is Cc1cccc(C(=O)N(C)C2CCCNC2)c1. The minimum absolute atomic E-state index is 0.127. The minimum atomic E-state index is 0.127. The van der Waals surface area contributed by atoms with Gasteiger partial charge >= 0.3 is 0 Å². The van der Waals surface area contributed by atoms with E-state index in [1.54, 1.807) is 0 Å². The molecule has 1 aliphatic heterocycles. The fourth-order valence-electron chi connectivity index (χ4n) is 2.31. The summed E-state index contributed by atoms with van der Waals surface area (Å²) in [5, 5.41) is 3.34. The van der Waals surface area contributed by atoms with E-state index >= 15 is 0 Å². The molecule has 1 saturated heterocycles. The van der Waals surface area contributed by atoms with Crippen LogP contribution in [0.1, 0.15) is 28.8 Å². The summed E-state index contributed by atoms with van der Waals surface area (Å²) in [6.45, 7) is 4.00. The van der Waals surface area contributed by atoms with Crippen LogP contribution < -0.4 is 5.32 Å². The molecule has 0 aromatic heterocycles. The van der Waals surface area contributed by atoms with Crippen molar-refractivity contribution < 1.29 is 4.79 Å². The van der Waals surface area contributed by atoms with Crippen molar-refractivity contribution in [1.29, 1.82) is 0 Å². The molecule has 0 radical (unpaired) electrons. The van der Waals surface area contributed by atoms with Crippen LogP contribution in [0.3, 0.4) is 0 Å². The molecular formula is C14H20N2O. The van der Waals surface area contributed by atoms with E-state index < -0.39 is 0 Å². The van der Waals surface area contributed by atoms with Gasteiger partial charge in [0.2, 0.25) is 0 Å². The number of piperidine rings is 1. The molecule has 1 N–H and O–H groups in total. The van der Waals surface area contributed by atoms with E-state index in [4.69, 9.17) is 0 Å². The van der Waals surface area contributed by atoms with E-state index in [0.717, 1.165) is 37.1 Å². The zero-order valence-electron chi connectivity index (χ0n) is 10.6. The lowest BCUT2D eigenvalue weighted by Crippen LogP contribution is -2.46. The number of benzene rings is 1. The number of carbonyl (C=O) groups excluding carboxylic acids is 1. The summed E-state index contributed by atoms with van der Waals surface area (Å²) in [5.74, 6) is 0.127. The van der Waals surface area contributed by atoms with Crippen molar-refractivity contribution in [2.45, 2.75) is 25.8 Å². The summed E-state index contributed by atoms with van der Waals surface area (Å²) >= 11 is 0. The molecule has 2 rings (SSSR count). The predicted octanol–water partition coefficient (Wildman–Crippen LogP) is 1.82. The molecule has 1 aromatic rings. The van der Waals surface area contributed by atoms with Crippen LogP contribution in [0.15, 0.2) is 24.3 Å². The van der Waals surface area contributed by atoms with Gasteiger partial charge in [-0.3, -0.25) is 4.79 Å². The molecule has 1 atom stereocenters. The van der Waals surface area contributed by atoms with Crippen LogP contribution >= 0.6 is 0 Å². The van der Waals surface area contributed by atoms with Crippen LogP contribution in [-0.2, 0) is 0 Å². The quantitative estimate of drug-likeness (QED) is 0.843. The number of nitrogens with one attached hydrogen (secondary N) is 1. The molecule has 92 valence electrons. The third-order valence-electron chi connectivity index (χ3n) is 3.40. The second-order valence-electron chi connectivity index (χ2n) is 4.79. The van der Waals surface area contributed by atoms with Crippen LogP contribution in [0.5, 0.6) is 0 Å². The van der Waals surface area contributed by atoms with Crippen LogP contribution in [0, 0.1) is 6.92 Å². The highest BCUT2D eigenvalue weighted by atomic mass is 16.2. The molecule has 1 aromatic carbocycles. The predicted molar refractivity (Wildman–Crippen MR) is 69.2 cm³/mol. The number of hydrogen-bond donors (Lipinski definition) is 1. The first-order valence-electron chi connectivity index (χ1n) is 6.23. The number of aryl methyl sites for hydroxylation is 1. The highest BCUT2D eigenvalue weighted by Gasteiger charge is 2.22. The molecule has 1 fully saturated rings. The molecule has 3 nitrogen and oxygen atoms in total. The van der Waals surface area contributed by atoms with E-state index in [0.29, 0.717) is 6.04 Å². The van der Waals surface area contributed by atoms with Gasteiger partial charge in [0.25, 0.3) is 5.91 Å². The zero-order valence-corrected chi connectivity index (χ0v) is 10.6. The molecule has 1 amide bonds. The van der Waals surface area contributed by atoms with Crippen molar-refractivity contribution in [2.75, 3.05) is 20.1 Å². The standard InChI is InChI=1S/C14H20N2O/c1-11-5-3-6-12(9-11)14(17)16(2)13-7-4-8-15-10-13/h3,5-6,9,13,15H,4,7-8,10H2,1-2H3. The lowest BCUT2D eigenvalue weighted by atomic mass is 10.0. The molecule has 1 unspecified atom stereocenters. The van der Waals surface area contributed by atoms with Crippen LogP contribution in [-0.4, -0.2) is 37.0 Å². The highest BCUT2D eigenvalue weighted by molar-refractivity contribution is 5.94. The Hall–Kier alpha value is -1.35. The van der Waals surface area contributed by atoms with Gasteiger partial charge in [0.15, 0.2) is 0 Å². The first-order chi connectivity index (χ1) is 8.18. The molecule has 1 aliphatic rings. The first kappa shape index (κ1) is 12.1. The Balaban J connectivity index is 2.08. The van der Waals surface area contributed by atoms with Crippen LogP contribution in [0.25, 0.3) is 0 Å². The fraction of sp³-hybridized carbons (Fsp3) is 0.500.